The average Bonchev–Trinajstić information content (AvgIpc) is 2.54. The van der Waals surface area contributed by atoms with Crippen molar-refractivity contribution in [1.29, 1.82) is 0 Å². The van der Waals surface area contributed by atoms with Gasteiger partial charge in [-0.1, -0.05) is 41.9 Å². The molecule has 0 aliphatic carbocycles. The van der Waals surface area contributed by atoms with Crippen LogP contribution in [-0.4, -0.2) is 19.2 Å². The van der Waals surface area contributed by atoms with E-state index in [9.17, 15) is 4.79 Å². The molecule has 1 N–H and O–H groups in total. The molecule has 116 valence electrons. The molecule has 2 rings (SSSR count). The Morgan fingerprint density at radius 2 is 1.82 bits per heavy atom. The van der Waals surface area contributed by atoms with Crippen molar-refractivity contribution in [3.05, 3.63) is 65.2 Å². The summed E-state index contributed by atoms with van der Waals surface area (Å²) in [5, 5.41) is 3.67. The molecule has 0 heterocycles. The van der Waals surface area contributed by atoms with Gasteiger partial charge in [0, 0.05) is 11.7 Å². The molecular weight excluding hydrogens is 321 g/mol. The third-order valence-corrected chi connectivity index (χ3v) is 4.08. The van der Waals surface area contributed by atoms with Crippen molar-refractivity contribution in [2.75, 3.05) is 13.2 Å². The lowest BCUT2D eigenvalue weighted by molar-refractivity contribution is -0.143. The van der Waals surface area contributed by atoms with Gasteiger partial charge in [0.25, 0.3) is 0 Å². The van der Waals surface area contributed by atoms with E-state index < -0.39 is 8.30 Å². The molecule has 1 atom stereocenters. The SMILES string of the molecule is CP(NCC(=O)OCc1ccccc1)Oc1ccc(Cl)cc1. The molecule has 2 aromatic carbocycles. The Hall–Kier alpha value is -1.61. The molecule has 0 aromatic heterocycles. The lowest BCUT2D eigenvalue weighted by atomic mass is 10.2. The molecule has 0 saturated carbocycles. The molecule has 0 amide bonds. The smallest absolute Gasteiger partial charge is 0.320 e. The second kappa shape index (κ2) is 8.74. The lowest BCUT2D eigenvalue weighted by Gasteiger charge is -2.15. The van der Waals surface area contributed by atoms with Gasteiger partial charge < -0.3 is 9.26 Å². The van der Waals surface area contributed by atoms with Gasteiger partial charge in [-0.15, -0.1) is 0 Å². The Morgan fingerprint density at radius 1 is 1.14 bits per heavy atom. The highest BCUT2D eigenvalue weighted by molar-refractivity contribution is 7.49. The second-order valence-corrected chi connectivity index (χ2v) is 6.45. The van der Waals surface area contributed by atoms with Crippen LogP contribution in [0, 0.1) is 0 Å². The number of rotatable bonds is 7. The number of carbonyl (C=O) groups is 1. The number of hydrogen-bond acceptors (Lipinski definition) is 4. The third-order valence-electron chi connectivity index (χ3n) is 2.74. The van der Waals surface area contributed by atoms with Crippen molar-refractivity contribution in [3.8, 4) is 5.75 Å². The van der Waals surface area contributed by atoms with E-state index in [1.807, 2.05) is 37.0 Å². The fraction of sp³-hybridized carbons (Fsp3) is 0.188. The molecule has 22 heavy (non-hydrogen) atoms. The standard InChI is InChI=1S/C16H17ClNO3P/c1-22(21-15-9-7-14(17)8-10-15)18-11-16(19)20-12-13-5-3-2-4-6-13/h2-10,18H,11-12H2,1H3. The number of carbonyl (C=O) groups excluding carboxylic acids is 1. The van der Waals surface area contributed by atoms with Crippen LogP contribution >= 0.6 is 19.9 Å². The summed E-state index contributed by atoms with van der Waals surface area (Å²) in [5.41, 5.74) is 0.965. The Bertz CT molecular complexity index is 592. The predicted molar refractivity (Wildman–Crippen MR) is 89.2 cm³/mol. The Labute approximate surface area is 136 Å². The van der Waals surface area contributed by atoms with Crippen molar-refractivity contribution in [1.82, 2.24) is 5.09 Å². The zero-order chi connectivity index (χ0) is 15.8. The molecule has 6 heteroatoms. The summed E-state index contributed by atoms with van der Waals surface area (Å²) < 4.78 is 10.9. The second-order valence-electron chi connectivity index (χ2n) is 4.52. The molecule has 2 aromatic rings. The van der Waals surface area contributed by atoms with Gasteiger partial charge >= 0.3 is 5.97 Å². The van der Waals surface area contributed by atoms with Crippen molar-refractivity contribution in [2.24, 2.45) is 0 Å². The molecule has 0 fully saturated rings. The van der Waals surface area contributed by atoms with Crippen LogP contribution in [-0.2, 0) is 16.1 Å². The highest BCUT2D eigenvalue weighted by atomic mass is 35.5. The van der Waals surface area contributed by atoms with Gasteiger partial charge in [-0.3, -0.25) is 9.88 Å². The number of benzene rings is 2. The quantitative estimate of drug-likeness (QED) is 0.613. The van der Waals surface area contributed by atoms with Crippen LogP contribution in [0.3, 0.4) is 0 Å². The van der Waals surface area contributed by atoms with Gasteiger partial charge in [-0.2, -0.15) is 0 Å². The van der Waals surface area contributed by atoms with Crippen molar-refractivity contribution < 1.29 is 14.1 Å². The van der Waals surface area contributed by atoms with E-state index in [0.29, 0.717) is 10.8 Å². The van der Waals surface area contributed by atoms with E-state index in [2.05, 4.69) is 5.09 Å². The Kier molecular flexibility index (Phi) is 6.66. The fourth-order valence-electron chi connectivity index (χ4n) is 1.65. The first-order chi connectivity index (χ1) is 10.6. The van der Waals surface area contributed by atoms with E-state index >= 15 is 0 Å². The van der Waals surface area contributed by atoms with Crippen LogP contribution in [0.25, 0.3) is 0 Å². The highest BCUT2D eigenvalue weighted by Crippen LogP contribution is 2.30. The summed E-state index contributed by atoms with van der Waals surface area (Å²) in [6, 6.07) is 16.7. The van der Waals surface area contributed by atoms with E-state index in [1.165, 1.54) is 0 Å². The van der Waals surface area contributed by atoms with Gasteiger partial charge in [0.2, 0.25) is 0 Å². The first kappa shape index (κ1) is 16.8. The van der Waals surface area contributed by atoms with E-state index in [-0.39, 0.29) is 19.1 Å². The van der Waals surface area contributed by atoms with Crippen LogP contribution in [0.4, 0.5) is 0 Å². The number of esters is 1. The highest BCUT2D eigenvalue weighted by Gasteiger charge is 2.08. The number of halogens is 1. The maximum Gasteiger partial charge on any atom is 0.320 e. The van der Waals surface area contributed by atoms with Crippen molar-refractivity contribution in [2.45, 2.75) is 6.61 Å². The van der Waals surface area contributed by atoms with Gasteiger partial charge in [0.1, 0.15) is 18.9 Å². The maximum atomic E-state index is 11.7. The maximum absolute atomic E-state index is 11.7. The van der Waals surface area contributed by atoms with Gasteiger partial charge in [-0.25, -0.2) is 0 Å². The molecule has 0 spiro atoms. The molecule has 0 aliphatic rings. The minimum atomic E-state index is -0.958. The molecule has 0 radical (unpaired) electrons. The average molecular weight is 338 g/mol. The van der Waals surface area contributed by atoms with Crippen LogP contribution in [0.15, 0.2) is 54.6 Å². The van der Waals surface area contributed by atoms with Crippen molar-refractivity contribution in [3.63, 3.8) is 0 Å². The van der Waals surface area contributed by atoms with Crippen LogP contribution < -0.4 is 9.61 Å². The predicted octanol–water partition coefficient (Wildman–Crippen LogP) is 3.99. The number of hydrogen-bond donors (Lipinski definition) is 1. The Balaban J connectivity index is 1.68. The monoisotopic (exact) mass is 337 g/mol. The van der Waals surface area contributed by atoms with E-state index in [4.69, 9.17) is 20.9 Å². The van der Waals surface area contributed by atoms with E-state index in [1.54, 1.807) is 24.3 Å². The zero-order valence-corrected chi connectivity index (χ0v) is 13.8. The summed E-state index contributed by atoms with van der Waals surface area (Å²) in [6.45, 7) is 2.28. The van der Waals surface area contributed by atoms with Gasteiger partial charge in [0.05, 0.1) is 0 Å². The minimum absolute atomic E-state index is 0.114. The molecular formula is C16H17ClNO3P. The normalized spacial score (nSPS) is 11.7. The largest absolute Gasteiger partial charge is 0.460 e. The zero-order valence-electron chi connectivity index (χ0n) is 12.2. The number of ether oxygens (including phenoxy) is 1. The molecule has 4 nitrogen and oxygen atoms in total. The third kappa shape index (κ3) is 6.02. The van der Waals surface area contributed by atoms with Crippen LogP contribution in [0.2, 0.25) is 5.02 Å². The fourth-order valence-corrected chi connectivity index (χ4v) is 2.63. The summed E-state index contributed by atoms with van der Waals surface area (Å²) in [6.07, 6.45) is 0. The van der Waals surface area contributed by atoms with Gasteiger partial charge in [0.15, 0.2) is 8.30 Å². The number of nitrogens with one attached hydrogen (secondary N) is 1. The topological polar surface area (TPSA) is 47.6 Å². The first-order valence-corrected chi connectivity index (χ1v) is 8.82. The minimum Gasteiger partial charge on any atom is -0.460 e. The van der Waals surface area contributed by atoms with Gasteiger partial charge in [-0.05, 0) is 29.8 Å². The summed E-state index contributed by atoms with van der Waals surface area (Å²) in [5.74, 6) is 0.404. The van der Waals surface area contributed by atoms with Crippen molar-refractivity contribution >= 4 is 25.9 Å². The summed E-state index contributed by atoms with van der Waals surface area (Å²) >= 11 is 5.81. The summed E-state index contributed by atoms with van der Waals surface area (Å²) in [4.78, 5) is 11.7. The van der Waals surface area contributed by atoms with E-state index in [0.717, 1.165) is 5.56 Å². The molecule has 0 saturated heterocycles. The van der Waals surface area contributed by atoms with Crippen LogP contribution in [0.5, 0.6) is 5.75 Å². The molecule has 0 aliphatic heterocycles. The first-order valence-electron chi connectivity index (χ1n) is 6.74. The lowest BCUT2D eigenvalue weighted by Crippen LogP contribution is -2.21. The summed E-state index contributed by atoms with van der Waals surface area (Å²) in [7, 11) is -0.958. The molecule has 0 bridgehead atoms. The van der Waals surface area contributed by atoms with Crippen LogP contribution in [0.1, 0.15) is 5.56 Å². The molecule has 1 unspecified atom stereocenters. The Morgan fingerprint density at radius 3 is 2.50 bits per heavy atom.